The standard InChI is InChI=1S/C18H23FN8O4S2/c1-12-17(13(2)25(3)22-12)33(30,31)27-8-4-7-26(9-10-27)32(28,29)14-5-6-16(19)15(11-14)18-20-23-24-21-18/h5-6,11H,4,7-10H2,1-3H3,(H,20,21,23,24). The Bertz CT molecular complexity index is 1390. The van der Waals surface area contributed by atoms with Crippen molar-refractivity contribution in [1.82, 2.24) is 39.0 Å². The Morgan fingerprint density at radius 3 is 2.24 bits per heavy atom. The summed E-state index contributed by atoms with van der Waals surface area (Å²) in [7, 11) is -6.20. The highest BCUT2D eigenvalue weighted by Gasteiger charge is 2.34. The first-order valence-corrected chi connectivity index (χ1v) is 13.0. The Morgan fingerprint density at radius 2 is 1.67 bits per heavy atom. The van der Waals surface area contributed by atoms with Crippen molar-refractivity contribution in [3.05, 3.63) is 35.4 Å². The number of aryl methyl sites for hydroxylation is 2. The lowest BCUT2D eigenvalue weighted by atomic mass is 10.2. The van der Waals surface area contributed by atoms with Crippen molar-refractivity contribution in [3.63, 3.8) is 0 Å². The number of rotatable bonds is 5. The van der Waals surface area contributed by atoms with E-state index in [1.54, 1.807) is 20.9 Å². The molecule has 33 heavy (non-hydrogen) atoms. The van der Waals surface area contributed by atoms with Crippen LogP contribution in [0.1, 0.15) is 17.8 Å². The SMILES string of the molecule is Cc1nn(C)c(C)c1S(=O)(=O)N1CCCN(S(=O)(=O)c2ccc(F)c(-c3nn[nH]n3)c2)CC1. The molecule has 1 aliphatic rings. The van der Waals surface area contributed by atoms with Gasteiger partial charge in [0, 0.05) is 33.2 Å². The summed E-state index contributed by atoms with van der Waals surface area (Å²) in [5, 5.41) is 17.2. The molecule has 0 aliphatic carbocycles. The maximum absolute atomic E-state index is 14.2. The average molecular weight is 499 g/mol. The van der Waals surface area contributed by atoms with Crippen LogP contribution in [0.4, 0.5) is 4.39 Å². The Labute approximate surface area is 190 Å². The molecule has 1 saturated heterocycles. The van der Waals surface area contributed by atoms with Gasteiger partial charge in [0.05, 0.1) is 21.8 Å². The average Bonchev–Trinajstić information content (AvgIpc) is 3.27. The van der Waals surface area contributed by atoms with Gasteiger partial charge in [-0.15, -0.1) is 10.2 Å². The maximum Gasteiger partial charge on any atom is 0.246 e. The molecule has 3 heterocycles. The number of tetrazole rings is 1. The summed E-state index contributed by atoms with van der Waals surface area (Å²) in [5.74, 6) is -0.759. The number of nitrogens with one attached hydrogen (secondary N) is 1. The third kappa shape index (κ3) is 4.16. The van der Waals surface area contributed by atoms with E-state index in [-0.39, 0.29) is 47.4 Å². The van der Waals surface area contributed by atoms with Crippen molar-refractivity contribution >= 4 is 20.0 Å². The summed E-state index contributed by atoms with van der Waals surface area (Å²) in [5.41, 5.74) is 0.803. The van der Waals surface area contributed by atoms with Gasteiger partial charge in [-0.1, -0.05) is 0 Å². The molecule has 4 rings (SSSR count). The van der Waals surface area contributed by atoms with Crippen LogP contribution in [0.3, 0.4) is 0 Å². The van der Waals surface area contributed by atoms with Gasteiger partial charge >= 0.3 is 0 Å². The third-order valence-corrected chi connectivity index (χ3v) is 9.66. The summed E-state index contributed by atoms with van der Waals surface area (Å²) in [6.45, 7) is 3.53. The number of aromatic nitrogens is 6. The van der Waals surface area contributed by atoms with Crippen LogP contribution in [-0.2, 0) is 27.1 Å². The maximum atomic E-state index is 14.2. The normalized spacial score (nSPS) is 16.7. The second kappa shape index (κ2) is 8.55. The molecule has 178 valence electrons. The van der Waals surface area contributed by atoms with E-state index < -0.39 is 25.9 Å². The molecule has 2 aromatic heterocycles. The molecule has 3 aromatic rings. The van der Waals surface area contributed by atoms with E-state index in [9.17, 15) is 21.2 Å². The highest BCUT2D eigenvalue weighted by atomic mass is 32.2. The summed E-state index contributed by atoms with van der Waals surface area (Å²) in [6.07, 6.45) is 0.301. The van der Waals surface area contributed by atoms with Gasteiger partial charge in [-0.3, -0.25) is 4.68 Å². The van der Waals surface area contributed by atoms with Crippen LogP contribution in [0.5, 0.6) is 0 Å². The van der Waals surface area contributed by atoms with Crippen LogP contribution in [0.2, 0.25) is 0 Å². The quantitative estimate of drug-likeness (QED) is 0.533. The Balaban J connectivity index is 1.59. The second-order valence-corrected chi connectivity index (χ2v) is 11.5. The molecule has 1 aliphatic heterocycles. The molecule has 0 atom stereocenters. The van der Waals surface area contributed by atoms with E-state index in [2.05, 4.69) is 25.7 Å². The van der Waals surface area contributed by atoms with E-state index in [0.717, 1.165) is 18.2 Å². The lowest BCUT2D eigenvalue weighted by Crippen LogP contribution is -2.37. The van der Waals surface area contributed by atoms with Crippen molar-refractivity contribution in [1.29, 1.82) is 0 Å². The van der Waals surface area contributed by atoms with Gasteiger partial charge < -0.3 is 0 Å². The molecule has 0 amide bonds. The van der Waals surface area contributed by atoms with E-state index >= 15 is 0 Å². The van der Waals surface area contributed by atoms with Crippen molar-refractivity contribution in [3.8, 4) is 11.4 Å². The van der Waals surface area contributed by atoms with Crippen molar-refractivity contribution in [2.24, 2.45) is 7.05 Å². The summed E-state index contributed by atoms with van der Waals surface area (Å²) in [6, 6.07) is 3.34. The van der Waals surface area contributed by atoms with Crippen LogP contribution in [0.25, 0.3) is 11.4 Å². The zero-order valence-electron chi connectivity index (χ0n) is 18.2. The summed E-state index contributed by atoms with van der Waals surface area (Å²) >= 11 is 0. The first-order chi connectivity index (χ1) is 15.5. The predicted molar refractivity (Wildman–Crippen MR) is 114 cm³/mol. The fourth-order valence-electron chi connectivity index (χ4n) is 3.87. The topological polar surface area (TPSA) is 147 Å². The van der Waals surface area contributed by atoms with Gasteiger partial charge in [-0.25, -0.2) is 21.2 Å². The first kappa shape index (κ1) is 23.4. The van der Waals surface area contributed by atoms with Crippen molar-refractivity contribution in [2.45, 2.75) is 30.1 Å². The van der Waals surface area contributed by atoms with Crippen LogP contribution in [-0.4, -0.2) is 82.0 Å². The molecule has 0 saturated carbocycles. The lowest BCUT2D eigenvalue weighted by Gasteiger charge is -2.22. The fourth-order valence-corrected chi connectivity index (χ4v) is 7.23. The molecule has 0 spiro atoms. The Morgan fingerprint density at radius 1 is 1.00 bits per heavy atom. The Hall–Kier alpha value is -2.75. The lowest BCUT2D eigenvalue weighted by molar-refractivity contribution is 0.404. The van der Waals surface area contributed by atoms with Crippen LogP contribution in [0, 0.1) is 19.7 Å². The molecule has 15 heteroatoms. The number of H-pyrrole nitrogens is 1. The minimum atomic E-state index is -4.02. The highest BCUT2D eigenvalue weighted by molar-refractivity contribution is 7.89. The van der Waals surface area contributed by atoms with Gasteiger partial charge in [0.25, 0.3) is 0 Å². The van der Waals surface area contributed by atoms with Crippen molar-refractivity contribution < 1.29 is 21.2 Å². The molecule has 1 fully saturated rings. The zero-order chi connectivity index (χ0) is 24.0. The van der Waals surface area contributed by atoms with E-state index in [4.69, 9.17) is 0 Å². The Kier molecular flexibility index (Phi) is 6.07. The molecule has 1 aromatic carbocycles. The molecule has 0 unspecified atom stereocenters. The number of hydrogen-bond donors (Lipinski definition) is 1. The second-order valence-electron chi connectivity index (χ2n) is 7.66. The number of benzene rings is 1. The van der Waals surface area contributed by atoms with E-state index in [1.165, 1.54) is 13.3 Å². The monoisotopic (exact) mass is 498 g/mol. The van der Waals surface area contributed by atoms with E-state index in [1.807, 2.05) is 0 Å². The van der Waals surface area contributed by atoms with Crippen LogP contribution >= 0.6 is 0 Å². The van der Waals surface area contributed by atoms with Crippen LogP contribution in [0.15, 0.2) is 28.0 Å². The highest BCUT2D eigenvalue weighted by Crippen LogP contribution is 2.27. The molecular weight excluding hydrogens is 475 g/mol. The zero-order valence-corrected chi connectivity index (χ0v) is 19.9. The van der Waals surface area contributed by atoms with Crippen molar-refractivity contribution in [2.75, 3.05) is 26.2 Å². The molecule has 12 nitrogen and oxygen atoms in total. The van der Waals surface area contributed by atoms with Gasteiger partial charge in [0.1, 0.15) is 10.7 Å². The number of sulfonamides is 2. The molecule has 1 N–H and O–H groups in total. The molecule has 0 radical (unpaired) electrons. The minimum absolute atomic E-state index is 0.0196. The predicted octanol–water partition coefficient (Wildman–Crippen LogP) is 0.441. The van der Waals surface area contributed by atoms with Crippen LogP contribution < -0.4 is 0 Å². The number of halogens is 1. The minimum Gasteiger partial charge on any atom is -0.271 e. The number of hydrogen-bond acceptors (Lipinski definition) is 8. The van der Waals surface area contributed by atoms with Gasteiger partial charge in [-0.2, -0.15) is 18.9 Å². The first-order valence-electron chi connectivity index (χ1n) is 10.1. The van der Waals surface area contributed by atoms with Gasteiger partial charge in [-0.05, 0) is 43.7 Å². The summed E-state index contributed by atoms with van der Waals surface area (Å²) < 4.78 is 71.3. The summed E-state index contributed by atoms with van der Waals surface area (Å²) in [4.78, 5) is 0.00329. The fraction of sp³-hybridized carbons (Fsp3) is 0.444. The van der Waals surface area contributed by atoms with Gasteiger partial charge in [0.15, 0.2) is 0 Å². The smallest absolute Gasteiger partial charge is 0.246 e. The third-order valence-electron chi connectivity index (χ3n) is 5.62. The number of aromatic amines is 1. The van der Waals surface area contributed by atoms with Gasteiger partial charge in [0.2, 0.25) is 25.9 Å². The molecule has 0 bridgehead atoms. The number of nitrogens with zero attached hydrogens (tertiary/aromatic N) is 7. The van der Waals surface area contributed by atoms with E-state index in [0.29, 0.717) is 17.8 Å². The largest absolute Gasteiger partial charge is 0.271 e. The molecular formula is C18H23FN8O4S2.